The van der Waals surface area contributed by atoms with Crippen molar-refractivity contribution in [3.63, 3.8) is 0 Å². The van der Waals surface area contributed by atoms with Crippen molar-refractivity contribution in [3.8, 4) is 0 Å². The molecule has 20 heavy (non-hydrogen) atoms. The molecule has 1 unspecified atom stereocenters. The van der Waals surface area contributed by atoms with Crippen LogP contribution < -0.4 is 10.6 Å². The van der Waals surface area contributed by atoms with E-state index in [1.165, 1.54) is 0 Å². The molecule has 2 N–H and O–H groups in total. The molecule has 110 valence electrons. The predicted molar refractivity (Wildman–Crippen MR) is 68.8 cm³/mol. The molecule has 2 aliphatic heterocycles. The molecule has 1 atom stereocenters. The fraction of sp³-hybridized carbons (Fsp3) is 0.769. The van der Waals surface area contributed by atoms with Crippen LogP contribution in [0.3, 0.4) is 0 Å². The van der Waals surface area contributed by atoms with Gasteiger partial charge in [-0.2, -0.15) is 0 Å². The number of ether oxygens (including phenoxy) is 1. The zero-order chi connectivity index (χ0) is 14.4. The zero-order valence-corrected chi connectivity index (χ0v) is 11.5. The molecule has 0 aromatic heterocycles. The SMILES string of the molecule is COC1(CC(=O)N2CCC3(C2)NC(=O)NC3=O)CCC1. The zero-order valence-electron chi connectivity index (χ0n) is 11.5. The van der Waals surface area contributed by atoms with Crippen LogP contribution in [0.1, 0.15) is 32.1 Å². The lowest BCUT2D eigenvalue weighted by Gasteiger charge is -2.40. The molecule has 2 heterocycles. The minimum Gasteiger partial charge on any atom is -0.378 e. The minimum atomic E-state index is -0.924. The summed E-state index contributed by atoms with van der Waals surface area (Å²) in [5.74, 6) is -0.333. The maximum Gasteiger partial charge on any atom is 0.322 e. The molecule has 7 heteroatoms. The van der Waals surface area contributed by atoms with E-state index in [0.717, 1.165) is 19.3 Å². The van der Waals surface area contributed by atoms with E-state index < -0.39 is 11.6 Å². The van der Waals surface area contributed by atoms with Crippen molar-refractivity contribution in [1.82, 2.24) is 15.5 Å². The third-order valence-electron chi connectivity index (χ3n) is 4.81. The molecule has 1 spiro atoms. The fourth-order valence-electron chi connectivity index (χ4n) is 3.25. The molecule has 3 rings (SSSR count). The summed E-state index contributed by atoms with van der Waals surface area (Å²) in [6.07, 6.45) is 3.73. The first-order chi connectivity index (χ1) is 9.49. The van der Waals surface area contributed by atoms with Gasteiger partial charge < -0.3 is 15.0 Å². The Morgan fingerprint density at radius 2 is 2.10 bits per heavy atom. The molecule has 1 saturated carbocycles. The van der Waals surface area contributed by atoms with Gasteiger partial charge in [0.15, 0.2) is 0 Å². The van der Waals surface area contributed by atoms with Crippen LogP contribution in [0, 0.1) is 0 Å². The van der Waals surface area contributed by atoms with Gasteiger partial charge in [-0.05, 0) is 25.7 Å². The van der Waals surface area contributed by atoms with Crippen LogP contribution >= 0.6 is 0 Å². The Labute approximate surface area is 117 Å². The second-order valence-corrected chi connectivity index (χ2v) is 5.97. The highest BCUT2D eigenvalue weighted by molar-refractivity contribution is 6.07. The molecule has 1 aliphatic carbocycles. The number of hydrogen-bond acceptors (Lipinski definition) is 4. The van der Waals surface area contributed by atoms with E-state index in [0.29, 0.717) is 19.4 Å². The van der Waals surface area contributed by atoms with Gasteiger partial charge in [0.1, 0.15) is 5.54 Å². The van der Waals surface area contributed by atoms with Gasteiger partial charge in [-0.15, -0.1) is 0 Å². The summed E-state index contributed by atoms with van der Waals surface area (Å²) in [7, 11) is 1.64. The van der Waals surface area contributed by atoms with Gasteiger partial charge in [0.2, 0.25) is 5.91 Å². The van der Waals surface area contributed by atoms with Crippen LogP contribution in [0.15, 0.2) is 0 Å². The van der Waals surface area contributed by atoms with Gasteiger partial charge >= 0.3 is 6.03 Å². The number of urea groups is 1. The molecule has 0 bridgehead atoms. The Morgan fingerprint density at radius 3 is 2.60 bits per heavy atom. The van der Waals surface area contributed by atoms with Gasteiger partial charge in [-0.3, -0.25) is 14.9 Å². The topological polar surface area (TPSA) is 87.7 Å². The van der Waals surface area contributed by atoms with E-state index in [2.05, 4.69) is 10.6 Å². The highest BCUT2D eigenvalue weighted by Gasteiger charge is 2.52. The molecule has 0 aromatic rings. The Bertz CT molecular complexity index is 469. The Morgan fingerprint density at radius 1 is 1.35 bits per heavy atom. The number of rotatable bonds is 3. The number of amides is 4. The monoisotopic (exact) mass is 281 g/mol. The fourth-order valence-corrected chi connectivity index (χ4v) is 3.25. The van der Waals surface area contributed by atoms with Gasteiger partial charge in [-0.1, -0.05) is 0 Å². The van der Waals surface area contributed by atoms with E-state index in [9.17, 15) is 14.4 Å². The average molecular weight is 281 g/mol. The van der Waals surface area contributed by atoms with E-state index >= 15 is 0 Å². The molecule has 0 aromatic carbocycles. The standard InChI is InChI=1S/C13H19N3O4/c1-20-12(3-2-4-12)7-9(17)16-6-5-13(8-16)10(18)14-11(19)15-13/h2-8H2,1H3,(H2,14,15,18,19). The lowest BCUT2D eigenvalue weighted by molar-refractivity contribution is -0.143. The lowest BCUT2D eigenvalue weighted by Crippen LogP contribution is -2.50. The van der Waals surface area contributed by atoms with E-state index in [1.54, 1.807) is 12.0 Å². The van der Waals surface area contributed by atoms with Crippen LogP contribution in [0.5, 0.6) is 0 Å². The number of nitrogens with one attached hydrogen (secondary N) is 2. The third-order valence-corrected chi connectivity index (χ3v) is 4.81. The Kier molecular flexibility index (Phi) is 2.97. The lowest BCUT2D eigenvalue weighted by atomic mass is 9.77. The summed E-state index contributed by atoms with van der Waals surface area (Å²) < 4.78 is 5.46. The number of hydrogen-bond donors (Lipinski definition) is 2. The molecular weight excluding hydrogens is 262 g/mol. The quantitative estimate of drug-likeness (QED) is 0.699. The van der Waals surface area contributed by atoms with E-state index in [1.807, 2.05) is 0 Å². The van der Waals surface area contributed by atoms with Crippen molar-refractivity contribution in [3.05, 3.63) is 0 Å². The van der Waals surface area contributed by atoms with Crippen LogP contribution in [0.2, 0.25) is 0 Å². The number of carbonyl (C=O) groups is 3. The van der Waals surface area contributed by atoms with Crippen LogP contribution in [-0.4, -0.2) is 54.1 Å². The highest BCUT2D eigenvalue weighted by atomic mass is 16.5. The smallest absolute Gasteiger partial charge is 0.322 e. The first-order valence-electron chi connectivity index (χ1n) is 6.95. The average Bonchev–Trinajstić information content (AvgIpc) is 2.89. The minimum absolute atomic E-state index is 0.00243. The first-order valence-corrected chi connectivity index (χ1v) is 6.95. The van der Waals surface area contributed by atoms with Crippen molar-refractivity contribution in [1.29, 1.82) is 0 Å². The highest BCUT2D eigenvalue weighted by Crippen LogP contribution is 2.39. The molecule has 4 amide bonds. The number of imide groups is 1. The molecule has 3 fully saturated rings. The summed E-state index contributed by atoms with van der Waals surface area (Å²) in [6.45, 7) is 0.746. The molecule has 2 saturated heterocycles. The summed E-state index contributed by atoms with van der Waals surface area (Å²) in [6, 6.07) is -0.475. The van der Waals surface area contributed by atoms with Crippen LogP contribution in [0.25, 0.3) is 0 Å². The molecule has 0 radical (unpaired) electrons. The van der Waals surface area contributed by atoms with Crippen molar-refractivity contribution in [2.45, 2.75) is 43.2 Å². The molecular formula is C13H19N3O4. The van der Waals surface area contributed by atoms with Crippen molar-refractivity contribution in [2.24, 2.45) is 0 Å². The largest absolute Gasteiger partial charge is 0.378 e. The second kappa shape index (κ2) is 4.44. The van der Waals surface area contributed by atoms with Crippen LogP contribution in [-0.2, 0) is 14.3 Å². The van der Waals surface area contributed by atoms with Gasteiger partial charge in [0, 0.05) is 13.7 Å². The van der Waals surface area contributed by atoms with Crippen molar-refractivity contribution >= 4 is 17.8 Å². The number of nitrogens with zero attached hydrogens (tertiary/aromatic N) is 1. The van der Waals surface area contributed by atoms with Crippen molar-refractivity contribution in [2.75, 3.05) is 20.2 Å². The van der Waals surface area contributed by atoms with E-state index in [4.69, 9.17) is 4.74 Å². The Balaban J connectivity index is 1.64. The molecule has 3 aliphatic rings. The maximum atomic E-state index is 12.3. The van der Waals surface area contributed by atoms with Crippen LogP contribution in [0.4, 0.5) is 4.79 Å². The number of likely N-dealkylation sites (tertiary alicyclic amines) is 1. The first kappa shape index (κ1) is 13.4. The second-order valence-electron chi connectivity index (χ2n) is 5.97. The van der Waals surface area contributed by atoms with E-state index in [-0.39, 0.29) is 24.0 Å². The summed E-state index contributed by atoms with van der Waals surface area (Å²) in [5, 5.41) is 4.88. The Hall–Kier alpha value is -1.63. The summed E-state index contributed by atoms with van der Waals surface area (Å²) in [4.78, 5) is 37.1. The van der Waals surface area contributed by atoms with Gasteiger partial charge in [0.25, 0.3) is 5.91 Å². The molecule has 7 nitrogen and oxygen atoms in total. The van der Waals surface area contributed by atoms with Gasteiger partial charge in [0.05, 0.1) is 18.6 Å². The maximum absolute atomic E-state index is 12.3. The van der Waals surface area contributed by atoms with Crippen molar-refractivity contribution < 1.29 is 19.1 Å². The third kappa shape index (κ3) is 1.96. The van der Waals surface area contributed by atoms with Gasteiger partial charge in [-0.25, -0.2) is 4.79 Å². The predicted octanol–water partition coefficient (Wildman–Crippen LogP) is -0.244. The number of methoxy groups -OCH3 is 1. The number of carbonyl (C=O) groups excluding carboxylic acids is 3. The summed E-state index contributed by atoms with van der Waals surface area (Å²) >= 11 is 0. The normalized spacial score (nSPS) is 31.1. The summed E-state index contributed by atoms with van der Waals surface area (Å²) in [5.41, 5.74) is -1.24.